The Morgan fingerprint density at radius 1 is 1.00 bits per heavy atom. The highest BCUT2D eigenvalue weighted by Gasteiger charge is 2.17. The van der Waals surface area contributed by atoms with Gasteiger partial charge in [-0.3, -0.25) is 4.79 Å². The van der Waals surface area contributed by atoms with Crippen molar-refractivity contribution in [2.45, 2.75) is 44.2 Å². The highest BCUT2D eigenvalue weighted by Crippen LogP contribution is 2.10. The first kappa shape index (κ1) is 21.5. The lowest BCUT2D eigenvalue weighted by atomic mass is 10.1. The maximum atomic E-state index is 12.3. The van der Waals surface area contributed by atoms with E-state index in [0.717, 1.165) is 17.7 Å². The van der Waals surface area contributed by atoms with Gasteiger partial charge in [0, 0.05) is 37.9 Å². The van der Waals surface area contributed by atoms with Gasteiger partial charge in [-0.15, -0.1) is 0 Å². The minimum Gasteiger partial charge on any atom is -0.352 e. The summed E-state index contributed by atoms with van der Waals surface area (Å²) in [6.45, 7) is 5.85. The molecule has 1 amide bonds. The van der Waals surface area contributed by atoms with Crippen molar-refractivity contribution in [2.75, 3.05) is 19.6 Å². The molecule has 3 N–H and O–H groups in total. The topological polar surface area (TPSA) is 79.7 Å². The SMILES string of the molecule is Cc1ccc(S(=O)(=O)NCCC(=O)NCc2ccccc2C[NH+]2CCCC2)cc1. The highest BCUT2D eigenvalue weighted by molar-refractivity contribution is 7.89. The second-order valence-electron chi connectivity index (χ2n) is 7.64. The third-order valence-corrected chi connectivity index (χ3v) is 6.80. The first-order valence-corrected chi connectivity index (χ1v) is 11.7. The number of nitrogens with one attached hydrogen (secondary N) is 3. The van der Waals surface area contributed by atoms with Crippen molar-refractivity contribution < 1.29 is 18.1 Å². The van der Waals surface area contributed by atoms with E-state index in [0.29, 0.717) is 6.54 Å². The van der Waals surface area contributed by atoms with E-state index < -0.39 is 10.0 Å². The van der Waals surface area contributed by atoms with E-state index >= 15 is 0 Å². The Labute approximate surface area is 173 Å². The molecule has 0 spiro atoms. The minimum absolute atomic E-state index is 0.0710. The second-order valence-corrected chi connectivity index (χ2v) is 9.41. The largest absolute Gasteiger partial charge is 0.352 e. The lowest BCUT2D eigenvalue weighted by molar-refractivity contribution is -0.901. The van der Waals surface area contributed by atoms with E-state index in [4.69, 9.17) is 0 Å². The molecule has 1 saturated heterocycles. The van der Waals surface area contributed by atoms with Crippen molar-refractivity contribution in [3.05, 3.63) is 65.2 Å². The number of carbonyl (C=O) groups excluding carboxylic acids is 1. The monoisotopic (exact) mass is 416 g/mol. The summed E-state index contributed by atoms with van der Waals surface area (Å²) in [6.07, 6.45) is 2.67. The zero-order valence-electron chi connectivity index (χ0n) is 16.9. The van der Waals surface area contributed by atoms with Gasteiger partial charge in [0.25, 0.3) is 0 Å². The normalized spacial score (nSPS) is 14.8. The van der Waals surface area contributed by atoms with Crippen LogP contribution in [-0.2, 0) is 27.9 Å². The number of benzene rings is 2. The molecule has 0 aliphatic carbocycles. The molecule has 29 heavy (non-hydrogen) atoms. The van der Waals surface area contributed by atoms with Crippen LogP contribution in [0, 0.1) is 6.92 Å². The van der Waals surface area contributed by atoms with E-state index in [1.54, 1.807) is 29.2 Å². The van der Waals surface area contributed by atoms with E-state index in [2.05, 4.69) is 16.1 Å². The Balaban J connectivity index is 1.46. The molecule has 1 fully saturated rings. The van der Waals surface area contributed by atoms with Crippen LogP contribution in [0.15, 0.2) is 53.4 Å². The third-order valence-electron chi connectivity index (χ3n) is 5.32. The summed E-state index contributed by atoms with van der Waals surface area (Å²) in [7, 11) is -3.59. The van der Waals surface area contributed by atoms with Crippen molar-refractivity contribution in [3.63, 3.8) is 0 Å². The van der Waals surface area contributed by atoms with Crippen LogP contribution < -0.4 is 14.9 Å². The van der Waals surface area contributed by atoms with Crippen molar-refractivity contribution in [1.82, 2.24) is 10.0 Å². The van der Waals surface area contributed by atoms with Gasteiger partial charge in [-0.1, -0.05) is 42.0 Å². The molecular weight excluding hydrogens is 386 g/mol. The molecule has 156 valence electrons. The van der Waals surface area contributed by atoms with Gasteiger partial charge in [-0.25, -0.2) is 13.1 Å². The maximum Gasteiger partial charge on any atom is 0.240 e. The fourth-order valence-corrected chi connectivity index (χ4v) is 4.64. The highest BCUT2D eigenvalue weighted by atomic mass is 32.2. The molecule has 2 aromatic carbocycles. The molecule has 0 saturated carbocycles. The number of amides is 1. The standard InChI is InChI=1S/C22H29N3O3S/c1-18-8-10-21(11-9-18)29(27,28)24-13-12-22(26)23-16-19-6-2-3-7-20(19)17-25-14-4-5-15-25/h2-3,6-11,24H,4-5,12-17H2,1H3,(H,23,26)/p+1. The van der Waals surface area contributed by atoms with Gasteiger partial charge in [-0.2, -0.15) is 0 Å². The van der Waals surface area contributed by atoms with Gasteiger partial charge in [0.2, 0.25) is 15.9 Å². The molecule has 1 heterocycles. The van der Waals surface area contributed by atoms with Crippen LogP contribution in [0.1, 0.15) is 36.0 Å². The van der Waals surface area contributed by atoms with Crippen LogP contribution in [0.5, 0.6) is 0 Å². The molecule has 1 aliphatic rings. The Bertz CT molecular complexity index is 921. The van der Waals surface area contributed by atoms with Gasteiger partial charge in [0.15, 0.2) is 0 Å². The summed E-state index contributed by atoms with van der Waals surface area (Å²) in [5, 5.41) is 2.91. The molecule has 0 aromatic heterocycles. The predicted octanol–water partition coefficient (Wildman–Crippen LogP) is 1.16. The van der Waals surface area contributed by atoms with Gasteiger partial charge in [0.05, 0.1) is 18.0 Å². The van der Waals surface area contributed by atoms with Crippen LogP contribution in [-0.4, -0.2) is 34.0 Å². The van der Waals surface area contributed by atoms with E-state index in [-0.39, 0.29) is 23.8 Å². The number of hydrogen-bond donors (Lipinski definition) is 3. The summed E-state index contributed by atoms with van der Waals surface area (Å²) >= 11 is 0. The maximum absolute atomic E-state index is 12.3. The molecule has 6 nitrogen and oxygen atoms in total. The van der Waals surface area contributed by atoms with Crippen LogP contribution in [0.25, 0.3) is 0 Å². The first-order chi connectivity index (χ1) is 13.9. The lowest BCUT2D eigenvalue weighted by Crippen LogP contribution is -3.08. The fraction of sp³-hybridized carbons (Fsp3) is 0.409. The summed E-state index contributed by atoms with van der Waals surface area (Å²) in [5.74, 6) is -0.167. The van der Waals surface area contributed by atoms with Crippen molar-refractivity contribution in [3.8, 4) is 0 Å². The van der Waals surface area contributed by atoms with E-state index in [1.807, 2.05) is 25.1 Å². The molecule has 0 unspecified atom stereocenters. The van der Waals surface area contributed by atoms with E-state index in [1.165, 1.54) is 31.5 Å². The number of quaternary nitrogens is 1. The number of rotatable bonds is 9. The Hall–Kier alpha value is -2.22. The molecule has 0 atom stereocenters. The van der Waals surface area contributed by atoms with Gasteiger partial charge in [-0.05, 0) is 24.6 Å². The summed E-state index contributed by atoms with van der Waals surface area (Å²) < 4.78 is 27.0. The lowest BCUT2D eigenvalue weighted by Gasteiger charge is -2.15. The van der Waals surface area contributed by atoms with Crippen LogP contribution in [0.2, 0.25) is 0 Å². The van der Waals surface area contributed by atoms with Crippen LogP contribution >= 0.6 is 0 Å². The van der Waals surface area contributed by atoms with Crippen LogP contribution in [0.4, 0.5) is 0 Å². The number of carbonyl (C=O) groups is 1. The van der Waals surface area contributed by atoms with Gasteiger partial charge in [0.1, 0.15) is 6.54 Å². The number of likely N-dealkylation sites (tertiary alicyclic amines) is 1. The molecule has 1 aliphatic heterocycles. The quantitative estimate of drug-likeness (QED) is 0.574. The zero-order valence-corrected chi connectivity index (χ0v) is 17.7. The number of aryl methyl sites for hydroxylation is 1. The first-order valence-electron chi connectivity index (χ1n) is 10.2. The van der Waals surface area contributed by atoms with Gasteiger partial charge >= 0.3 is 0 Å². The minimum atomic E-state index is -3.59. The molecule has 7 heteroatoms. The summed E-state index contributed by atoms with van der Waals surface area (Å²) in [6, 6.07) is 14.8. The molecule has 2 aromatic rings. The smallest absolute Gasteiger partial charge is 0.240 e. The molecule has 0 radical (unpaired) electrons. The summed E-state index contributed by atoms with van der Waals surface area (Å²) in [4.78, 5) is 14.0. The second kappa shape index (κ2) is 10.0. The van der Waals surface area contributed by atoms with Crippen LogP contribution in [0.3, 0.4) is 0 Å². The molecule has 0 bridgehead atoms. The average Bonchev–Trinajstić information content (AvgIpc) is 3.20. The number of hydrogen-bond acceptors (Lipinski definition) is 3. The fourth-order valence-electron chi connectivity index (χ4n) is 3.61. The van der Waals surface area contributed by atoms with Crippen molar-refractivity contribution in [2.24, 2.45) is 0 Å². The average molecular weight is 417 g/mol. The van der Waals surface area contributed by atoms with Gasteiger partial charge < -0.3 is 10.2 Å². The Kier molecular flexibility index (Phi) is 7.41. The van der Waals surface area contributed by atoms with Crippen molar-refractivity contribution >= 4 is 15.9 Å². The predicted molar refractivity (Wildman–Crippen MR) is 113 cm³/mol. The van der Waals surface area contributed by atoms with Crippen molar-refractivity contribution in [1.29, 1.82) is 0 Å². The Morgan fingerprint density at radius 2 is 1.66 bits per heavy atom. The molecule has 3 rings (SSSR count). The number of sulfonamides is 1. The third kappa shape index (κ3) is 6.39. The molecular formula is C22H30N3O3S+. The zero-order chi connectivity index (χ0) is 20.7. The van der Waals surface area contributed by atoms with E-state index in [9.17, 15) is 13.2 Å². The Morgan fingerprint density at radius 3 is 2.34 bits per heavy atom. The summed E-state index contributed by atoms with van der Waals surface area (Å²) in [5.41, 5.74) is 3.39.